The number of likely N-dealkylation sites (tertiary alicyclic amines) is 1. The van der Waals surface area contributed by atoms with Gasteiger partial charge in [-0.25, -0.2) is 9.78 Å². The first kappa shape index (κ1) is 13.1. The number of aromatic nitrogens is 1. The van der Waals surface area contributed by atoms with Gasteiger partial charge in [-0.1, -0.05) is 30.3 Å². The first-order valence-corrected chi connectivity index (χ1v) is 7.61. The Kier molecular flexibility index (Phi) is 3.69. The van der Waals surface area contributed by atoms with Crippen molar-refractivity contribution >= 4 is 17.4 Å². The van der Waals surface area contributed by atoms with E-state index in [-0.39, 0.29) is 0 Å². The molecule has 1 aromatic carbocycles. The van der Waals surface area contributed by atoms with E-state index in [4.69, 9.17) is 10.1 Å². The fourth-order valence-electron chi connectivity index (χ4n) is 2.53. The molecule has 2 heterocycles. The van der Waals surface area contributed by atoms with Gasteiger partial charge in [0.05, 0.1) is 10.7 Å². The number of nitrogens with zero attached hydrogens (tertiary/aromatic N) is 2. The van der Waals surface area contributed by atoms with Crippen LogP contribution in [0.15, 0.2) is 35.7 Å². The summed E-state index contributed by atoms with van der Waals surface area (Å²) < 4.78 is 0. The average molecular weight is 288 g/mol. The topological polar surface area (TPSA) is 53.4 Å². The average Bonchev–Trinajstić information content (AvgIpc) is 2.98. The molecule has 0 atom stereocenters. The molecule has 5 heteroatoms. The summed E-state index contributed by atoms with van der Waals surface area (Å²) in [5.41, 5.74) is 2.16. The van der Waals surface area contributed by atoms with Crippen LogP contribution in [-0.4, -0.2) is 34.2 Å². The lowest BCUT2D eigenvalue weighted by Gasteiger charge is -2.28. The van der Waals surface area contributed by atoms with Gasteiger partial charge in [-0.2, -0.15) is 0 Å². The SMILES string of the molecule is O=C(O)N1CCC(c2nc(-c3ccccc3)cs2)CC1. The van der Waals surface area contributed by atoms with E-state index in [1.807, 2.05) is 18.2 Å². The molecule has 0 spiro atoms. The zero-order valence-electron chi connectivity index (χ0n) is 11.0. The molecule has 104 valence electrons. The van der Waals surface area contributed by atoms with E-state index >= 15 is 0 Å². The van der Waals surface area contributed by atoms with E-state index < -0.39 is 6.09 Å². The number of carboxylic acid groups (broad SMARTS) is 1. The van der Waals surface area contributed by atoms with Gasteiger partial charge in [0.1, 0.15) is 0 Å². The second-order valence-corrected chi connectivity index (χ2v) is 5.87. The molecule has 1 aromatic heterocycles. The van der Waals surface area contributed by atoms with E-state index in [2.05, 4.69) is 17.5 Å². The maximum atomic E-state index is 10.9. The highest BCUT2D eigenvalue weighted by molar-refractivity contribution is 7.10. The van der Waals surface area contributed by atoms with Crippen molar-refractivity contribution < 1.29 is 9.90 Å². The minimum Gasteiger partial charge on any atom is -0.465 e. The molecular formula is C15H16N2O2S. The Bertz CT molecular complexity index is 589. The fourth-order valence-corrected chi connectivity index (χ4v) is 3.53. The van der Waals surface area contributed by atoms with Crippen molar-refractivity contribution in [3.8, 4) is 11.3 Å². The Morgan fingerprint density at radius 3 is 2.60 bits per heavy atom. The van der Waals surface area contributed by atoms with Crippen LogP contribution < -0.4 is 0 Å². The molecule has 1 amide bonds. The summed E-state index contributed by atoms with van der Waals surface area (Å²) >= 11 is 1.68. The summed E-state index contributed by atoms with van der Waals surface area (Å²) in [5, 5.41) is 12.2. The maximum Gasteiger partial charge on any atom is 0.407 e. The highest BCUT2D eigenvalue weighted by Gasteiger charge is 2.25. The van der Waals surface area contributed by atoms with Gasteiger partial charge in [-0.05, 0) is 12.8 Å². The van der Waals surface area contributed by atoms with Gasteiger partial charge in [-0.3, -0.25) is 0 Å². The van der Waals surface area contributed by atoms with Crippen LogP contribution >= 0.6 is 11.3 Å². The smallest absolute Gasteiger partial charge is 0.407 e. The van der Waals surface area contributed by atoms with E-state index in [1.54, 1.807) is 11.3 Å². The number of benzene rings is 1. The fraction of sp³-hybridized carbons (Fsp3) is 0.333. The van der Waals surface area contributed by atoms with Crippen LogP contribution in [0.5, 0.6) is 0 Å². The molecule has 2 aromatic rings. The Morgan fingerprint density at radius 1 is 1.25 bits per heavy atom. The Labute approximate surface area is 121 Å². The molecule has 0 bridgehead atoms. The number of hydrogen-bond donors (Lipinski definition) is 1. The van der Waals surface area contributed by atoms with Crippen molar-refractivity contribution in [2.45, 2.75) is 18.8 Å². The molecule has 1 aliphatic heterocycles. The lowest BCUT2D eigenvalue weighted by atomic mass is 9.98. The van der Waals surface area contributed by atoms with Gasteiger partial charge in [0.15, 0.2) is 0 Å². The molecular weight excluding hydrogens is 272 g/mol. The molecule has 0 saturated carbocycles. The molecule has 1 aliphatic rings. The maximum absolute atomic E-state index is 10.9. The summed E-state index contributed by atoms with van der Waals surface area (Å²) in [5.74, 6) is 0.396. The van der Waals surface area contributed by atoms with Gasteiger partial charge in [-0.15, -0.1) is 11.3 Å². The molecule has 3 rings (SSSR count). The molecule has 1 N–H and O–H groups in total. The standard InChI is InChI=1S/C15H16N2O2S/c18-15(19)17-8-6-12(7-9-17)14-16-13(10-20-14)11-4-2-1-3-5-11/h1-5,10,12H,6-9H2,(H,18,19). The van der Waals surface area contributed by atoms with Crippen molar-refractivity contribution in [3.05, 3.63) is 40.7 Å². The van der Waals surface area contributed by atoms with Crippen LogP contribution in [0.2, 0.25) is 0 Å². The Morgan fingerprint density at radius 2 is 1.95 bits per heavy atom. The Hall–Kier alpha value is -1.88. The van der Waals surface area contributed by atoms with E-state index in [0.717, 1.165) is 29.1 Å². The third kappa shape index (κ3) is 2.67. The van der Waals surface area contributed by atoms with Gasteiger partial charge < -0.3 is 10.0 Å². The van der Waals surface area contributed by atoms with Crippen molar-refractivity contribution in [1.82, 2.24) is 9.88 Å². The van der Waals surface area contributed by atoms with Gasteiger partial charge in [0.25, 0.3) is 0 Å². The number of amides is 1. The molecule has 0 radical (unpaired) electrons. The number of hydrogen-bond acceptors (Lipinski definition) is 3. The molecule has 0 unspecified atom stereocenters. The van der Waals surface area contributed by atoms with Gasteiger partial charge in [0.2, 0.25) is 0 Å². The lowest BCUT2D eigenvalue weighted by Crippen LogP contribution is -2.36. The summed E-state index contributed by atoms with van der Waals surface area (Å²) in [6.07, 6.45) is 0.926. The molecule has 1 saturated heterocycles. The molecule has 20 heavy (non-hydrogen) atoms. The quantitative estimate of drug-likeness (QED) is 0.917. The van der Waals surface area contributed by atoms with E-state index in [0.29, 0.717) is 19.0 Å². The molecule has 0 aliphatic carbocycles. The summed E-state index contributed by atoms with van der Waals surface area (Å²) in [7, 11) is 0. The second-order valence-electron chi connectivity index (χ2n) is 4.98. The van der Waals surface area contributed by atoms with Crippen LogP contribution in [0.1, 0.15) is 23.8 Å². The van der Waals surface area contributed by atoms with Crippen molar-refractivity contribution in [3.63, 3.8) is 0 Å². The zero-order valence-corrected chi connectivity index (χ0v) is 11.8. The van der Waals surface area contributed by atoms with Crippen LogP contribution in [0.25, 0.3) is 11.3 Å². The highest BCUT2D eigenvalue weighted by atomic mass is 32.1. The van der Waals surface area contributed by atoms with E-state index in [9.17, 15) is 4.79 Å². The third-order valence-electron chi connectivity index (χ3n) is 3.71. The van der Waals surface area contributed by atoms with E-state index in [1.165, 1.54) is 4.90 Å². The van der Waals surface area contributed by atoms with Crippen molar-refractivity contribution in [2.75, 3.05) is 13.1 Å². The zero-order chi connectivity index (χ0) is 13.9. The van der Waals surface area contributed by atoms with Crippen LogP contribution in [-0.2, 0) is 0 Å². The van der Waals surface area contributed by atoms with Crippen LogP contribution in [0.3, 0.4) is 0 Å². The normalized spacial score (nSPS) is 16.3. The van der Waals surface area contributed by atoms with Gasteiger partial charge in [0, 0.05) is 30.0 Å². The largest absolute Gasteiger partial charge is 0.465 e. The number of thiazole rings is 1. The van der Waals surface area contributed by atoms with Crippen molar-refractivity contribution in [2.24, 2.45) is 0 Å². The first-order chi connectivity index (χ1) is 9.74. The molecule has 1 fully saturated rings. The minimum absolute atomic E-state index is 0.396. The predicted molar refractivity (Wildman–Crippen MR) is 79.1 cm³/mol. The number of carbonyl (C=O) groups is 1. The predicted octanol–water partition coefficient (Wildman–Crippen LogP) is 3.67. The van der Waals surface area contributed by atoms with Crippen LogP contribution in [0, 0.1) is 0 Å². The summed E-state index contributed by atoms with van der Waals surface area (Å²) in [4.78, 5) is 17.1. The minimum atomic E-state index is -0.812. The van der Waals surface area contributed by atoms with Crippen LogP contribution in [0.4, 0.5) is 4.79 Å². The molecule has 4 nitrogen and oxygen atoms in total. The van der Waals surface area contributed by atoms with Gasteiger partial charge >= 0.3 is 6.09 Å². The van der Waals surface area contributed by atoms with Crippen molar-refractivity contribution in [1.29, 1.82) is 0 Å². The number of rotatable bonds is 2. The highest BCUT2D eigenvalue weighted by Crippen LogP contribution is 2.32. The lowest BCUT2D eigenvalue weighted by molar-refractivity contribution is 0.132. The summed E-state index contributed by atoms with van der Waals surface area (Å²) in [6.45, 7) is 1.22. The first-order valence-electron chi connectivity index (χ1n) is 6.73. The monoisotopic (exact) mass is 288 g/mol. The Balaban J connectivity index is 1.71. The second kappa shape index (κ2) is 5.63. The third-order valence-corrected chi connectivity index (χ3v) is 4.71. The summed E-state index contributed by atoms with van der Waals surface area (Å²) in [6, 6.07) is 10.1. The number of piperidine rings is 1.